The molecule has 2 saturated carbocycles. The first-order chi connectivity index (χ1) is 11.4. The molecular weight excluding hydrogens is 296 g/mol. The zero-order valence-corrected chi connectivity index (χ0v) is 15.1. The molecule has 0 N–H and O–H groups in total. The van der Waals surface area contributed by atoms with Crippen LogP contribution in [0, 0.1) is 34.5 Å². The zero-order chi connectivity index (χ0) is 17.1. The molecule has 0 saturated heterocycles. The van der Waals surface area contributed by atoms with Crippen LogP contribution >= 0.6 is 0 Å². The molecule has 4 aliphatic carbocycles. The molecule has 0 aromatic carbocycles. The summed E-state index contributed by atoms with van der Waals surface area (Å²) in [5.41, 5.74) is 2.94. The van der Waals surface area contributed by atoms with Crippen molar-refractivity contribution in [1.29, 1.82) is 0 Å². The van der Waals surface area contributed by atoms with Crippen molar-refractivity contribution in [1.82, 2.24) is 0 Å². The standard InChI is InChI=1S/C22H28O2/c1-14-17-7-5-16-18-6-4-15(10-13-23)21(18,2)11-8-19(16)22(17,3)12-9-20(14)24/h4,6,10,15-16,18-19H,5,7-9,11-12H2,1-3H3/t15-,16-,18-,19-,21+,22-/m0/s1. The van der Waals surface area contributed by atoms with E-state index in [1.54, 1.807) is 6.08 Å². The molecule has 0 aromatic heterocycles. The third-order valence-electron chi connectivity index (χ3n) is 8.25. The molecule has 4 aliphatic rings. The third-order valence-corrected chi connectivity index (χ3v) is 8.25. The van der Waals surface area contributed by atoms with Gasteiger partial charge in [-0.15, -0.1) is 0 Å². The fourth-order valence-corrected chi connectivity index (χ4v) is 6.79. The van der Waals surface area contributed by atoms with E-state index in [1.807, 2.05) is 5.94 Å². The normalized spacial score (nSPS) is 46.9. The Kier molecular flexibility index (Phi) is 3.55. The molecular formula is C22H28O2. The van der Waals surface area contributed by atoms with Crippen molar-refractivity contribution in [2.24, 2.45) is 34.5 Å². The molecule has 0 radical (unpaired) electrons. The Morgan fingerprint density at radius 1 is 1.17 bits per heavy atom. The quantitative estimate of drug-likeness (QED) is 0.518. The Hall–Kier alpha value is -1.40. The van der Waals surface area contributed by atoms with E-state index in [9.17, 15) is 9.59 Å². The number of carbonyl (C=O) groups excluding carboxylic acids is 2. The Balaban J connectivity index is 1.71. The van der Waals surface area contributed by atoms with Crippen LogP contribution < -0.4 is 0 Å². The summed E-state index contributed by atoms with van der Waals surface area (Å²) >= 11 is 0. The summed E-state index contributed by atoms with van der Waals surface area (Å²) < 4.78 is 0. The van der Waals surface area contributed by atoms with Crippen molar-refractivity contribution in [3.8, 4) is 0 Å². The highest BCUT2D eigenvalue weighted by Crippen LogP contribution is 2.65. The second-order valence-electron chi connectivity index (χ2n) is 9.02. The van der Waals surface area contributed by atoms with E-state index in [0.717, 1.165) is 24.8 Å². The Morgan fingerprint density at radius 3 is 2.71 bits per heavy atom. The van der Waals surface area contributed by atoms with E-state index in [-0.39, 0.29) is 16.7 Å². The van der Waals surface area contributed by atoms with Gasteiger partial charge in [0.25, 0.3) is 0 Å². The Bertz CT molecular complexity index is 693. The predicted octanol–water partition coefficient (Wildman–Crippen LogP) is 4.69. The molecule has 2 heteroatoms. The lowest BCUT2D eigenvalue weighted by Crippen LogP contribution is -2.51. The highest BCUT2D eigenvalue weighted by Gasteiger charge is 2.57. The fourth-order valence-electron chi connectivity index (χ4n) is 6.79. The minimum atomic E-state index is 0.190. The minimum absolute atomic E-state index is 0.190. The van der Waals surface area contributed by atoms with Gasteiger partial charge in [0.1, 0.15) is 5.94 Å². The van der Waals surface area contributed by atoms with Crippen LogP contribution in [0.5, 0.6) is 0 Å². The van der Waals surface area contributed by atoms with Gasteiger partial charge in [-0.05, 0) is 73.2 Å². The van der Waals surface area contributed by atoms with Crippen LogP contribution in [-0.4, -0.2) is 11.7 Å². The van der Waals surface area contributed by atoms with Gasteiger partial charge >= 0.3 is 0 Å². The maximum atomic E-state index is 12.2. The zero-order valence-electron chi connectivity index (χ0n) is 15.1. The molecule has 24 heavy (non-hydrogen) atoms. The van der Waals surface area contributed by atoms with Crippen LogP contribution in [-0.2, 0) is 9.59 Å². The minimum Gasteiger partial charge on any atom is -0.295 e. The Labute approximate surface area is 145 Å². The molecule has 128 valence electrons. The first-order valence-electron chi connectivity index (χ1n) is 9.54. The highest BCUT2D eigenvalue weighted by atomic mass is 16.1. The van der Waals surface area contributed by atoms with Gasteiger partial charge in [0.2, 0.25) is 0 Å². The van der Waals surface area contributed by atoms with E-state index in [1.165, 1.54) is 24.8 Å². The number of hydrogen-bond donors (Lipinski definition) is 0. The number of carbonyl (C=O) groups is 1. The van der Waals surface area contributed by atoms with Crippen molar-refractivity contribution >= 4 is 11.7 Å². The summed E-state index contributed by atoms with van der Waals surface area (Å²) in [4.78, 5) is 23.1. The summed E-state index contributed by atoms with van der Waals surface area (Å²) in [6.07, 6.45) is 12.8. The van der Waals surface area contributed by atoms with Gasteiger partial charge in [0.15, 0.2) is 5.78 Å². The number of ketones is 1. The fraction of sp³-hybridized carbons (Fsp3) is 0.682. The topological polar surface area (TPSA) is 34.1 Å². The molecule has 0 aromatic rings. The Morgan fingerprint density at radius 2 is 1.96 bits per heavy atom. The van der Waals surface area contributed by atoms with Gasteiger partial charge in [0, 0.05) is 18.4 Å². The lowest BCUT2D eigenvalue weighted by atomic mass is 9.46. The van der Waals surface area contributed by atoms with Gasteiger partial charge in [-0.1, -0.05) is 31.6 Å². The van der Waals surface area contributed by atoms with Gasteiger partial charge in [-0.3, -0.25) is 4.79 Å². The first-order valence-corrected chi connectivity index (χ1v) is 9.54. The average molecular weight is 324 g/mol. The largest absolute Gasteiger partial charge is 0.295 e. The van der Waals surface area contributed by atoms with Crippen molar-refractivity contribution in [2.75, 3.05) is 0 Å². The van der Waals surface area contributed by atoms with Crippen LogP contribution in [0.4, 0.5) is 0 Å². The van der Waals surface area contributed by atoms with Crippen molar-refractivity contribution in [2.45, 2.75) is 59.3 Å². The number of fused-ring (bicyclic) bond motifs is 5. The van der Waals surface area contributed by atoms with Crippen LogP contribution in [0.3, 0.4) is 0 Å². The van der Waals surface area contributed by atoms with E-state index in [2.05, 4.69) is 32.9 Å². The number of rotatable bonds is 1. The predicted molar refractivity (Wildman–Crippen MR) is 95.0 cm³/mol. The smallest absolute Gasteiger partial charge is 0.158 e. The number of hydrogen-bond acceptors (Lipinski definition) is 2. The van der Waals surface area contributed by atoms with Crippen molar-refractivity contribution in [3.63, 3.8) is 0 Å². The summed E-state index contributed by atoms with van der Waals surface area (Å²) in [6.45, 7) is 6.86. The summed E-state index contributed by atoms with van der Waals surface area (Å²) in [5.74, 6) is 4.61. The molecule has 2 fully saturated rings. The van der Waals surface area contributed by atoms with E-state index >= 15 is 0 Å². The number of allylic oxidation sites excluding steroid dienone is 5. The first kappa shape index (κ1) is 16.1. The van der Waals surface area contributed by atoms with Gasteiger partial charge in [0.05, 0.1) is 0 Å². The molecule has 0 heterocycles. The summed E-state index contributed by atoms with van der Waals surface area (Å²) in [5, 5.41) is 0. The molecule has 0 aliphatic heterocycles. The number of Topliss-reactive ketones (excluding diaryl/α,β-unsaturated/α-hetero) is 1. The van der Waals surface area contributed by atoms with Gasteiger partial charge < -0.3 is 0 Å². The van der Waals surface area contributed by atoms with Crippen molar-refractivity contribution in [3.05, 3.63) is 29.4 Å². The molecule has 0 spiro atoms. The van der Waals surface area contributed by atoms with E-state index in [4.69, 9.17) is 0 Å². The maximum absolute atomic E-state index is 12.2. The summed E-state index contributed by atoms with van der Waals surface area (Å²) in [7, 11) is 0. The molecule has 0 amide bonds. The molecule has 4 rings (SSSR count). The van der Waals surface area contributed by atoms with Gasteiger partial charge in [-0.2, -0.15) is 0 Å². The SMILES string of the molecule is CC1=C2CC[C@H]3[C@@H]4C=C[C@@H](C=C=O)[C@@]4(C)CC[C@@H]3[C@@]2(C)CCC1=O. The van der Waals surface area contributed by atoms with Crippen molar-refractivity contribution < 1.29 is 9.59 Å². The lowest BCUT2D eigenvalue weighted by Gasteiger charge is -2.58. The maximum Gasteiger partial charge on any atom is 0.158 e. The van der Waals surface area contributed by atoms with E-state index in [0.29, 0.717) is 23.5 Å². The molecule has 6 atom stereocenters. The molecule has 0 bridgehead atoms. The van der Waals surface area contributed by atoms with Crippen LogP contribution in [0.15, 0.2) is 29.4 Å². The highest BCUT2D eigenvalue weighted by molar-refractivity contribution is 5.96. The third kappa shape index (κ3) is 1.96. The van der Waals surface area contributed by atoms with Crippen LogP contribution in [0.1, 0.15) is 59.3 Å². The second-order valence-corrected chi connectivity index (χ2v) is 9.02. The van der Waals surface area contributed by atoms with Gasteiger partial charge in [-0.25, -0.2) is 4.79 Å². The van der Waals surface area contributed by atoms with Crippen LogP contribution in [0.2, 0.25) is 0 Å². The average Bonchev–Trinajstić information content (AvgIpc) is 2.89. The molecule has 0 unspecified atom stereocenters. The monoisotopic (exact) mass is 324 g/mol. The second kappa shape index (κ2) is 5.30. The van der Waals surface area contributed by atoms with E-state index < -0.39 is 0 Å². The van der Waals surface area contributed by atoms with Crippen LogP contribution in [0.25, 0.3) is 0 Å². The molecule has 2 nitrogen and oxygen atoms in total. The summed E-state index contributed by atoms with van der Waals surface area (Å²) in [6, 6.07) is 0. The lowest BCUT2D eigenvalue weighted by molar-refractivity contribution is -0.118.